The summed E-state index contributed by atoms with van der Waals surface area (Å²) in [6, 6.07) is 0. The Labute approximate surface area is 87.8 Å². The molecule has 14 heavy (non-hydrogen) atoms. The minimum atomic E-state index is -0.758. The Kier molecular flexibility index (Phi) is 3.63. The molecule has 1 rings (SSSR count). The molecular formula is C10H15NO2S. The van der Waals surface area contributed by atoms with E-state index in [4.69, 9.17) is 5.11 Å². The van der Waals surface area contributed by atoms with Crippen molar-refractivity contribution >= 4 is 17.3 Å². The summed E-state index contributed by atoms with van der Waals surface area (Å²) in [5.74, 6) is -0.772. The van der Waals surface area contributed by atoms with Gasteiger partial charge in [0.05, 0.1) is 10.9 Å². The summed E-state index contributed by atoms with van der Waals surface area (Å²) >= 11 is 1.51. The third-order valence-electron chi connectivity index (χ3n) is 2.09. The summed E-state index contributed by atoms with van der Waals surface area (Å²) in [4.78, 5) is 16.0. The van der Waals surface area contributed by atoms with Crippen LogP contribution in [0.3, 0.4) is 0 Å². The third-order valence-corrected chi connectivity index (χ3v) is 3.50. The van der Waals surface area contributed by atoms with Crippen molar-refractivity contribution in [2.75, 3.05) is 0 Å². The summed E-state index contributed by atoms with van der Waals surface area (Å²) in [6.45, 7) is 6.00. The molecule has 78 valence electrons. The summed E-state index contributed by atoms with van der Waals surface area (Å²) in [5, 5.41) is 9.97. The van der Waals surface area contributed by atoms with E-state index < -0.39 is 5.97 Å². The van der Waals surface area contributed by atoms with E-state index in [0.717, 1.165) is 9.88 Å². The first-order valence-corrected chi connectivity index (χ1v) is 5.56. The zero-order valence-electron chi connectivity index (χ0n) is 8.65. The number of thiazole rings is 1. The smallest absolute Gasteiger partial charge is 0.311 e. The van der Waals surface area contributed by atoms with E-state index >= 15 is 0 Å². The summed E-state index contributed by atoms with van der Waals surface area (Å²) in [7, 11) is 0. The molecule has 0 spiro atoms. The van der Waals surface area contributed by atoms with Crippen molar-refractivity contribution in [1.82, 2.24) is 4.98 Å². The van der Waals surface area contributed by atoms with Crippen LogP contribution in [0, 0.1) is 0 Å². The lowest BCUT2D eigenvalue weighted by Crippen LogP contribution is -2.08. The number of carboxylic acids is 1. The molecule has 1 aromatic heterocycles. The highest BCUT2D eigenvalue weighted by Gasteiger charge is 2.20. The molecule has 0 aliphatic rings. The Morgan fingerprint density at radius 1 is 1.64 bits per heavy atom. The number of hydrogen-bond acceptors (Lipinski definition) is 3. The minimum absolute atomic E-state index is 0.375. The van der Waals surface area contributed by atoms with Crippen molar-refractivity contribution in [3.05, 3.63) is 16.1 Å². The number of carbonyl (C=O) groups is 1. The van der Waals surface area contributed by atoms with Gasteiger partial charge < -0.3 is 5.11 Å². The maximum atomic E-state index is 10.9. The average molecular weight is 213 g/mol. The van der Waals surface area contributed by atoms with Crippen LogP contribution in [0.4, 0.5) is 0 Å². The molecule has 1 aromatic rings. The highest BCUT2D eigenvalue weighted by atomic mass is 32.1. The molecule has 4 heteroatoms. The summed E-state index contributed by atoms with van der Waals surface area (Å²) < 4.78 is 0. The first kappa shape index (κ1) is 11.2. The van der Waals surface area contributed by atoms with Crippen LogP contribution in [0.2, 0.25) is 0 Å². The molecule has 1 heterocycles. The number of nitrogens with zero attached hydrogens (tertiary/aromatic N) is 1. The lowest BCUT2D eigenvalue weighted by molar-refractivity contribution is -0.138. The number of rotatable bonds is 4. The highest BCUT2D eigenvalue weighted by Crippen LogP contribution is 2.28. The molecule has 1 atom stereocenters. The van der Waals surface area contributed by atoms with Gasteiger partial charge >= 0.3 is 5.97 Å². The fourth-order valence-corrected chi connectivity index (χ4v) is 2.32. The van der Waals surface area contributed by atoms with Crippen LogP contribution in [0.5, 0.6) is 0 Å². The van der Waals surface area contributed by atoms with E-state index in [2.05, 4.69) is 18.8 Å². The Morgan fingerprint density at radius 2 is 2.29 bits per heavy atom. The maximum absolute atomic E-state index is 10.9. The van der Waals surface area contributed by atoms with Gasteiger partial charge in [-0.3, -0.25) is 4.79 Å². The summed E-state index contributed by atoms with van der Waals surface area (Å²) in [5.41, 5.74) is 0. The average Bonchev–Trinajstić information content (AvgIpc) is 2.53. The van der Waals surface area contributed by atoms with E-state index in [0.29, 0.717) is 12.3 Å². The number of carboxylic acid groups (broad SMARTS) is 1. The number of aliphatic carboxylic acids is 1. The van der Waals surface area contributed by atoms with Crippen molar-refractivity contribution in [2.24, 2.45) is 0 Å². The van der Waals surface area contributed by atoms with Crippen LogP contribution in [0.15, 0.2) is 6.20 Å². The number of aromatic nitrogens is 1. The van der Waals surface area contributed by atoms with Crippen molar-refractivity contribution in [3.8, 4) is 0 Å². The quantitative estimate of drug-likeness (QED) is 0.836. The van der Waals surface area contributed by atoms with E-state index in [1.54, 1.807) is 6.20 Å². The van der Waals surface area contributed by atoms with E-state index in [9.17, 15) is 4.79 Å². The van der Waals surface area contributed by atoms with Gasteiger partial charge in [-0.05, 0) is 6.42 Å². The van der Waals surface area contributed by atoms with E-state index in [1.807, 2.05) is 6.92 Å². The molecule has 0 aliphatic heterocycles. The minimum Gasteiger partial charge on any atom is -0.481 e. The Hall–Kier alpha value is -0.900. The van der Waals surface area contributed by atoms with Crippen LogP contribution in [-0.4, -0.2) is 16.1 Å². The predicted octanol–water partition coefficient (Wildman–Crippen LogP) is 2.84. The monoisotopic (exact) mass is 213 g/mol. The SMILES string of the molecule is CCC(C(=O)O)c1cnc(C(C)C)s1. The molecular weight excluding hydrogens is 198 g/mol. The maximum Gasteiger partial charge on any atom is 0.311 e. The largest absolute Gasteiger partial charge is 0.481 e. The van der Waals surface area contributed by atoms with Crippen LogP contribution in [0.1, 0.15) is 48.9 Å². The van der Waals surface area contributed by atoms with Crippen LogP contribution in [-0.2, 0) is 4.79 Å². The lowest BCUT2D eigenvalue weighted by atomic mass is 10.1. The Balaban J connectivity index is 2.89. The molecule has 3 nitrogen and oxygen atoms in total. The molecule has 0 fully saturated rings. The van der Waals surface area contributed by atoms with E-state index in [-0.39, 0.29) is 5.92 Å². The second-order valence-corrected chi connectivity index (χ2v) is 4.65. The van der Waals surface area contributed by atoms with Crippen molar-refractivity contribution in [2.45, 2.75) is 39.0 Å². The zero-order chi connectivity index (χ0) is 10.7. The molecule has 0 saturated carbocycles. The van der Waals surface area contributed by atoms with Gasteiger partial charge in [-0.25, -0.2) is 4.98 Å². The van der Waals surface area contributed by atoms with Gasteiger partial charge in [0.2, 0.25) is 0 Å². The molecule has 0 radical (unpaired) electrons. The fraction of sp³-hybridized carbons (Fsp3) is 0.600. The summed E-state index contributed by atoms with van der Waals surface area (Å²) in [6.07, 6.45) is 2.32. The van der Waals surface area contributed by atoms with Gasteiger partial charge in [-0.15, -0.1) is 11.3 Å². The van der Waals surface area contributed by atoms with Crippen molar-refractivity contribution in [1.29, 1.82) is 0 Å². The predicted molar refractivity (Wildman–Crippen MR) is 56.9 cm³/mol. The fourth-order valence-electron chi connectivity index (χ4n) is 1.23. The Bertz CT molecular complexity index is 320. The molecule has 1 N–H and O–H groups in total. The van der Waals surface area contributed by atoms with Crippen LogP contribution >= 0.6 is 11.3 Å². The Morgan fingerprint density at radius 3 is 2.64 bits per heavy atom. The third kappa shape index (κ3) is 2.32. The second kappa shape index (κ2) is 4.55. The second-order valence-electron chi connectivity index (χ2n) is 3.55. The lowest BCUT2D eigenvalue weighted by Gasteiger charge is -2.05. The molecule has 0 aliphatic carbocycles. The topological polar surface area (TPSA) is 50.2 Å². The van der Waals surface area contributed by atoms with Gasteiger partial charge in [-0.2, -0.15) is 0 Å². The van der Waals surface area contributed by atoms with Crippen molar-refractivity contribution in [3.63, 3.8) is 0 Å². The van der Waals surface area contributed by atoms with Crippen LogP contribution in [0.25, 0.3) is 0 Å². The van der Waals surface area contributed by atoms with Gasteiger partial charge in [0.15, 0.2) is 0 Å². The van der Waals surface area contributed by atoms with Crippen LogP contribution < -0.4 is 0 Å². The first-order chi connectivity index (χ1) is 6.56. The van der Waals surface area contributed by atoms with Gasteiger partial charge in [0, 0.05) is 17.0 Å². The normalized spacial score (nSPS) is 13.1. The van der Waals surface area contributed by atoms with Gasteiger partial charge in [-0.1, -0.05) is 20.8 Å². The van der Waals surface area contributed by atoms with E-state index in [1.165, 1.54) is 11.3 Å². The van der Waals surface area contributed by atoms with Crippen molar-refractivity contribution < 1.29 is 9.90 Å². The molecule has 0 saturated heterocycles. The standard InChI is InChI=1S/C10H15NO2S/c1-4-7(10(12)13)8-5-11-9(14-8)6(2)3/h5-7H,4H2,1-3H3,(H,12,13). The number of hydrogen-bond donors (Lipinski definition) is 1. The van der Waals surface area contributed by atoms with Gasteiger partial charge in [0.1, 0.15) is 0 Å². The molecule has 0 amide bonds. The molecule has 0 aromatic carbocycles. The van der Waals surface area contributed by atoms with Gasteiger partial charge in [0.25, 0.3) is 0 Å². The first-order valence-electron chi connectivity index (χ1n) is 4.74. The molecule has 0 bridgehead atoms. The zero-order valence-corrected chi connectivity index (χ0v) is 9.47. The highest BCUT2D eigenvalue weighted by molar-refractivity contribution is 7.11. The molecule has 1 unspecified atom stereocenters.